The minimum absolute atomic E-state index is 0.335. The van der Waals surface area contributed by atoms with E-state index in [4.69, 9.17) is 14.6 Å². The van der Waals surface area contributed by atoms with Gasteiger partial charge in [0.25, 0.3) is 0 Å². The van der Waals surface area contributed by atoms with Gasteiger partial charge in [0.15, 0.2) is 12.1 Å². The number of carbonyl (C=O) groups is 1. The molecular weight excluding hydrogens is 176 g/mol. The van der Waals surface area contributed by atoms with E-state index in [-0.39, 0.29) is 6.61 Å². The standard InChI is InChI=1S/C8H14O5/c1-8(2)12-5(3-9)7(11)6(4-10)13-8/h3,5-7,10-11H,4H2,1-2H3/t5-,6+,7+/m0/s1. The SMILES string of the molecule is CC1(C)O[C@@H](C=O)[C@@H](O)[C@@H](CO)O1. The van der Waals surface area contributed by atoms with Crippen LogP contribution < -0.4 is 0 Å². The van der Waals surface area contributed by atoms with E-state index in [0.717, 1.165) is 0 Å². The summed E-state index contributed by atoms with van der Waals surface area (Å²) in [5.41, 5.74) is 0. The van der Waals surface area contributed by atoms with Crippen molar-refractivity contribution >= 4 is 6.29 Å². The summed E-state index contributed by atoms with van der Waals surface area (Å²) in [4.78, 5) is 10.5. The Morgan fingerprint density at radius 1 is 1.46 bits per heavy atom. The number of carbonyl (C=O) groups excluding carboxylic acids is 1. The maximum absolute atomic E-state index is 10.5. The third-order valence-corrected chi connectivity index (χ3v) is 1.89. The van der Waals surface area contributed by atoms with Crippen molar-refractivity contribution in [2.75, 3.05) is 6.61 Å². The van der Waals surface area contributed by atoms with E-state index < -0.39 is 24.1 Å². The Labute approximate surface area is 76.3 Å². The van der Waals surface area contributed by atoms with Gasteiger partial charge >= 0.3 is 0 Å². The number of rotatable bonds is 2. The summed E-state index contributed by atoms with van der Waals surface area (Å²) in [6, 6.07) is 0. The Balaban J connectivity index is 2.74. The molecule has 1 aliphatic rings. The minimum Gasteiger partial charge on any atom is -0.394 e. The van der Waals surface area contributed by atoms with Crippen LogP contribution in [-0.4, -0.2) is 47.2 Å². The molecule has 0 aromatic rings. The Morgan fingerprint density at radius 3 is 2.54 bits per heavy atom. The molecule has 5 nitrogen and oxygen atoms in total. The van der Waals surface area contributed by atoms with E-state index >= 15 is 0 Å². The van der Waals surface area contributed by atoms with Crippen molar-refractivity contribution in [1.82, 2.24) is 0 Å². The van der Waals surface area contributed by atoms with Crippen LogP contribution in [0.5, 0.6) is 0 Å². The van der Waals surface area contributed by atoms with Crippen LogP contribution in [0.25, 0.3) is 0 Å². The Morgan fingerprint density at radius 2 is 2.08 bits per heavy atom. The average Bonchev–Trinajstić information content (AvgIpc) is 2.08. The van der Waals surface area contributed by atoms with Crippen LogP contribution in [0.3, 0.4) is 0 Å². The first-order valence-electron chi connectivity index (χ1n) is 4.10. The van der Waals surface area contributed by atoms with Gasteiger partial charge in [-0.15, -0.1) is 0 Å². The number of aliphatic hydroxyl groups excluding tert-OH is 2. The Hall–Kier alpha value is -0.490. The summed E-state index contributed by atoms with van der Waals surface area (Å²) in [7, 11) is 0. The van der Waals surface area contributed by atoms with Gasteiger partial charge in [-0.2, -0.15) is 0 Å². The molecule has 0 aromatic carbocycles. The molecule has 3 atom stereocenters. The summed E-state index contributed by atoms with van der Waals surface area (Å²) in [5, 5.41) is 18.3. The fourth-order valence-electron chi connectivity index (χ4n) is 1.32. The second-order valence-corrected chi connectivity index (χ2v) is 3.45. The van der Waals surface area contributed by atoms with Crippen LogP contribution in [0.1, 0.15) is 13.8 Å². The fourth-order valence-corrected chi connectivity index (χ4v) is 1.32. The zero-order chi connectivity index (χ0) is 10.1. The lowest BCUT2D eigenvalue weighted by Crippen LogP contribution is -2.56. The Bertz CT molecular complexity index is 191. The molecule has 76 valence electrons. The van der Waals surface area contributed by atoms with E-state index in [0.29, 0.717) is 6.29 Å². The number of hydrogen-bond acceptors (Lipinski definition) is 5. The van der Waals surface area contributed by atoms with Crippen LogP contribution in [0.4, 0.5) is 0 Å². The summed E-state index contributed by atoms with van der Waals surface area (Å²) in [6.45, 7) is 2.91. The smallest absolute Gasteiger partial charge is 0.164 e. The maximum atomic E-state index is 10.5. The summed E-state index contributed by atoms with van der Waals surface area (Å²) in [6.07, 6.45) is -2.28. The van der Waals surface area contributed by atoms with Gasteiger partial charge < -0.3 is 24.5 Å². The average molecular weight is 190 g/mol. The van der Waals surface area contributed by atoms with Crippen molar-refractivity contribution < 1.29 is 24.5 Å². The predicted octanol–water partition coefficient (Wildman–Crippen LogP) is -0.941. The largest absolute Gasteiger partial charge is 0.394 e. The number of hydrogen-bond donors (Lipinski definition) is 2. The highest BCUT2D eigenvalue weighted by atomic mass is 16.7. The summed E-state index contributed by atoms with van der Waals surface area (Å²) in [5.74, 6) is -0.946. The van der Waals surface area contributed by atoms with Crippen molar-refractivity contribution in [1.29, 1.82) is 0 Å². The van der Waals surface area contributed by atoms with Crippen molar-refractivity contribution in [2.24, 2.45) is 0 Å². The lowest BCUT2D eigenvalue weighted by molar-refractivity contribution is -0.326. The molecule has 1 heterocycles. The van der Waals surface area contributed by atoms with Crippen LogP contribution in [0.15, 0.2) is 0 Å². The lowest BCUT2D eigenvalue weighted by atomic mass is 10.1. The molecule has 0 radical (unpaired) electrons. The molecule has 0 spiro atoms. The van der Waals surface area contributed by atoms with Crippen LogP contribution in [0.2, 0.25) is 0 Å². The van der Waals surface area contributed by atoms with E-state index in [2.05, 4.69) is 0 Å². The van der Waals surface area contributed by atoms with Crippen molar-refractivity contribution in [2.45, 2.75) is 37.9 Å². The minimum atomic E-state index is -1.10. The first-order valence-corrected chi connectivity index (χ1v) is 4.10. The lowest BCUT2D eigenvalue weighted by Gasteiger charge is -2.41. The van der Waals surface area contributed by atoms with Crippen LogP contribution >= 0.6 is 0 Å². The highest BCUT2D eigenvalue weighted by Crippen LogP contribution is 2.25. The number of ether oxygens (including phenoxy) is 2. The van der Waals surface area contributed by atoms with Crippen LogP contribution in [-0.2, 0) is 14.3 Å². The second kappa shape index (κ2) is 3.71. The van der Waals surface area contributed by atoms with E-state index in [9.17, 15) is 9.90 Å². The molecule has 0 amide bonds. The molecule has 13 heavy (non-hydrogen) atoms. The molecule has 1 fully saturated rings. The molecule has 2 N–H and O–H groups in total. The third kappa shape index (κ3) is 2.25. The van der Waals surface area contributed by atoms with Gasteiger partial charge in [0.05, 0.1) is 6.61 Å². The van der Waals surface area contributed by atoms with Crippen molar-refractivity contribution in [3.05, 3.63) is 0 Å². The van der Waals surface area contributed by atoms with Gasteiger partial charge in [-0.1, -0.05) is 0 Å². The molecule has 0 unspecified atom stereocenters. The van der Waals surface area contributed by atoms with E-state index in [1.54, 1.807) is 13.8 Å². The molecule has 0 saturated carbocycles. The van der Waals surface area contributed by atoms with Gasteiger partial charge in [0.2, 0.25) is 0 Å². The first kappa shape index (κ1) is 10.6. The fraction of sp³-hybridized carbons (Fsp3) is 0.875. The quantitative estimate of drug-likeness (QED) is 0.549. The monoisotopic (exact) mass is 190 g/mol. The topological polar surface area (TPSA) is 76.0 Å². The van der Waals surface area contributed by atoms with Gasteiger partial charge in [0.1, 0.15) is 18.3 Å². The molecule has 0 aromatic heterocycles. The predicted molar refractivity (Wildman–Crippen MR) is 43.0 cm³/mol. The van der Waals surface area contributed by atoms with Crippen molar-refractivity contribution in [3.8, 4) is 0 Å². The van der Waals surface area contributed by atoms with Crippen molar-refractivity contribution in [3.63, 3.8) is 0 Å². The molecule has 1 aliphatic heterocycles. The highest BCUT2D eigenvalue weighted by Gasteiger charge is 2.41. The van der Waals surface area contributed by atoms with Gasteiger partial charge in [-0.25, -0.2) is 0 Å². The summed E-state index contributed by atoms with van der Waals surface area (Å²) < 4.78 is 10.3. The molecule has 1 saturated heterocycles. The molecule has 0 bridgehead atoms. The molecular formula is C8H14O5. The van der Waals surface area contributed by atoms with E-state index in [1.807, 2.05) is 0 Å². The van der Waals surface area contributed by atoms with Crippen LogP contribution in [0, 0.1) is 0 Å². The normalized spacial score (nSPS) is 38.6. The van der Waals surface area contributed by atoms with Gasteiger partial charge in [-0.3, -0.25) is 0 Å². The first-order chi connectivity index (χ1) is 6.00. The highest BCUT2D eigenvalue weighted by molar-refractivity contribution is 5.57. The van der Waals surface area contributed by atoms with Gasteiger partial charge in [0, 0.05) is 0 Å². The summed E-state index contributed by atoms with van der Waals surface area (Å²) >= 11 is 0. The third-order valence-electron chi connectivity index (χ3n) is 1.89. The van der Waals surface area contributed by atoms with Gasteiger partial charge in [-0.05, 0) is 13.8 Å². The number of aldehydes is 1. The van der Waals surface area contributed by atoms with E-state index in [1.165, 1.54) is 0 Å². The number of aliphatic hydroxyl groups is 2. The zero-order valence-corrected chi connectivity index (χ0v) is 7.64. The zero-order valence-electron chi connectivity index (χ0n) is 7.64. The molecule has 0 aliphatic carbocycles. The second-order valence-electron chi connectivity index (χ2n) is 3.45. The molecule has 5 heteroatoms. The Kier molecular flexibility index (Phi) is 3.02. The maximum Gasteiger partial charge on any atom is 0.164 e. The molecule has 1 rings (SSSR count).